The Morgan fingerprint density at radius 2 is 1.74 bits per heavy atom. The summed E-state index contributed by atoms with van der Waals surface area (Å²) in [6.07, 6.45) is 1.92. The number of carbonyl (C=O) groups is 2. The molecule has 1 fully saturated rings. The number of aromatic nitrogens is 1. The number of nitrogens with zero attached hydrogens (tertiary/aromatic N) is 1. The van der Waals surface area contributed by atoms with Gasteiger partial charge in [-0.15, -0.1) is 11.3 Å². The highest BCUT2D eigenvalue weighted by molar-refractivity contribution is 7.15. The molecule has 5 rings (SSSR count). The summed E-state index contributed by atoms with van der Waals surface area (Å²) in [7, 11) is 1.44. The van der Waals surface area contributed by atoms with E-state index in [0.29, 0.717) is 5.76 Å². The van der Waals surface area contributed by atoms with E-state index in [1.807, 2.05) is 73.7 Å². The van der Waals surface area contributed by atoms with Crippen LogP contribution in [0, 0.1) is 0 Å². The molecule has 2 aromatic heterocycles. The summed E-state index contributed by atoms with van der Waals surface area (Å²) in [4.78, 5) is 30.9. The Morgan fingerprint density at radius 1 is 1.03 bits per heavy atom. The van der Waals surface area contributed by atoms with E-state index in [1.165, 1.54) is 13.5 Å². The molecule has 0 spiro atoms. The summed E-state index contributed by atoms with van der Waals surface area (Å²) >= 11 is 1.61. The SMILES string of the molecule is COC(=O)C1(c2ccc(-c3ccc(-c4ocnc4NC(=O)OC(C)c4ccccc4)cc3)s2)CC1. The number of oxazole rings is 1. The monoisotopic (exact) mass is 488 g/mol. The average Bonchev–Trinajstić information content (AvgIpc) is 3.31. The van der Waals surface area contributed by atoms with Gasteiger partial charge in [-0.1, -0.05) is 54.6 Å². The zero-order valence-electron chi connectivity index (χ0n) is 19.3. The number of esters is 1. The van der Waals surface area contributed by atoms with Gasteiger partial charge in [-0.05, 0) is 43.0 Å². The van der Waals surface area contributed by atoms with Crippen molar-refractivity contribution < 1.29 is 23.5 Å². The van der Waals surface area contributed by atoms with Crippen LogP contribution in [-0.4, -0.2) is 24.2 Å². The molecule has 1 aliphatic carbocycles. The lowest BCUT2D eigenvalue weighted by Gasteiger charge is -2.13. The first kappa shape index (κ1) is 22.9. The second-order valence-electron chi connectivity index (χ2n) is 8.43. The maximum absolute atomic E-state index is 12.4. The van der Waals surface area contributed by atoms with Crippen LogP contribution >= 0.6 is 11.3 Å². The second-order valence-corrected chi connectivity index (χ2v) is 9.51. The van der Waals surface area contributed by atoms with Gasteiger partial charge in [0.2, 0.25) is 0 Å². The highest BCUT2D eigenvalue weighted by atomic mass is 32.1. The van der Waals surface area contributed by atoms with Crippen LogP contribution in [0.4, 0.5) is 10.6 Å². The van der Waals surface area contributed by atoms with E-state index in [1.54, 1.807) is 11.3 Å². The van der Waals surface area contributed by atoms with Gasteiger partial charge in [-0.25, -0.2) is 4.79 Å². The van der Waals surface area contributed by atoms with Crippen LogP contribution in [0.25, 0.3) is 21.8 Å². The summed E-state index contributed by atoms with van der Waals surface area (Å²) in [5.74, 6) is 0.564. The Morgan fingerprint density at radius 3 is 2.43 bits per heavy atom. The Bertz CT molecular complexity index is 1340. The van der Waals surface area contributed by atoms with Crippen molar-refractivity contribution in [3.8, 4) is 21.8 Å². The lowest BCUT2D eigenvalue weighted by Crippen LogP contribution is -2.20. The molecule has 2 heterocycles. The Balaban J connectivity index is 1.28. The number of methoxy groups -OCH3 is 1. The predicted molar refractivity (Wildman–Crippen MR) is 133 cm³/mol. The number of ether oxygens (including phenoxy) is 2. The third kappa shape index (κ3) is 4.57. The molecule has 178 valence electrons. The van der Waals surface area contributed by atoms with Crippen molar-refractivity contribution in [1.82, 2.24) is 4.98 Å². The van der Waals surface area contributed by atoms with Gasteiger partial charge in [0.05, 0.1) is 7.11 Å². The van der Waals surface area contributed by atoms with Crippen molar-refractivity contribution >= 4 is 29.2 Å². The van der Waals surface area contributed by atoms with Gasteiger partial charge in [0.1, 0.15) is 11.5 Å². The Labute approximate surface area is 206 Å². The molecule has 0 aliphatic heterocycles. The number of hydrogen-bond acceptors (Lipinski definition) is 7. The topological polar surface area (TPSA) is 90.7 Å². The van der Waals surface area contributed by atoms with Crippen molar-refractivity contribution in [2.75, 3.05) is 12.4 Å². The fourth-order valence-electron chi connectivity index (χ4n) is 4.03. The van der Waals surface area contributed by atoms with Crippen LogP contribution in [0.15, 0.2) is 77.5 Å². The molecule has 1 aliphatic rings. The number of thiophene rings is 1. The predicted octanol–water partition coefficient (Wildman–Crippen LogP) is 6.58. The molecule has 4 aromatic rings. The minimum atomic E-state index is -0.612. The van der Waals surface area contributed by atoms with E-state index in [-0.39, 0.29) is 11.8 Å². The minimum absolute atomic E-state index is 0.164. The van der Waals surface area contributed by atoms with Crippen molar-refractivity contribution in [3.05, 3.63) is 83.6 Å². The second kappa shape index (κ2) is 9.38. The molecule has 1 unspecified atom stereocenters. The van der Waals surface area contributed by atoms with E-state index in [0.717, 1.165) is 39.3 Å². The van der Waals surface area contributed by atoms with Crippen molar-refractivity contribution in [2.45, 2.75) is 31.3 Å². The van der Waals surface area contributed by atoms with E-state index < -0.39 is 17.6 Å². The highest BCUT2D eigenvalue weighted by Gasteiger charge is 2.53. The van der Waals surface area contributed by atoms with Gasteiger partial charge < -0.3 is 13.9 Å². The quantitative estimate of drug-likeness (QED) is 0.295. The van der Waals surface area contributed by atoms with Gasteiger partial charge in [-0.2, -0.15) is 4.98 Å². The van der Waals surface area contributed by atoms with E-state index >= 15 is 0 Å². The van der Waals surface area contributed by atoms with Crippen LogP contribution in [0.1, 0.15) is 36.3 Å². The normalized spacial score (nSPS) is 14.7. The number of nitrogens with one attached hydrogen (secondary N) is 1. The molecule has 35 heavy (non-hydrogen) atoms. The molecule has 0 radical (unpaired) electrons. The number of hydrogen-bond donors (Lipinski definition) is 1. The maximum atomic E-state index is 12.4. The lowest BCUT2D eigenvalue weighted by atomic mass is 10.1. The van der Waals surface area contributed by atoms with Gasteiger partial charge in [0.25, 0.3) is 0 Å². The zero-order valence-corrected chi connectivity index (χ0v) is 20.1. The minimum Gasteiger partial charge on any atom is -0.468 e. The molecular formula is C27H24N2O5S. The van der Waals surface area contributed by atoms with Crippen molar-refractivity contribution in [2.24, 2.45) is 0 Å². The molecular weight excluding hydrogens is 464 g/mol. The molecule has 1 N–H and O–H groups in total. The first-order chi connectivity index (χ1) is 17.0. The standard InChI is InChI=1S/C27H24N2O5S/c1-17(18-6-4-3-5-7-18)34-26(31)29-24-23(33-16-28-24)20-10-8-19(9-11-20)21-12-13-22(35-21)27(14-15-27)25(30)32-2/h3-13,16-17H,14-15H2,1-2H3,(H,29,31). The highest BCUT2D eigenvalue weighted by Crippen LogP contribution is 2.52. The van der Waals surface area contributed by atoms with Crippen molar-refractivity contribution in [1.29, 1.82) is 0 Å². The number of anilines is 1. The molecule has 1 saturated carbocycles. The smallest absolute Gasteiger partial charge is 0.413 e. The number of carbonyl (C=O) groups excluding carboxylic acids is 2. The summed E-state index contributed by atoms with van der Waals surface area (Å²) in [6, 6.07) is 21.3. The molecule has 1 amide bonds. The fraction of sp³-hybridized carbons (Fsp3) is 0.222. The van der Waals surface area contributed by atoms with Crippen molar-refractivity contribution in [3.63, 3.8) is 0 Å². The number of benzene rings is 2. The average molecular weight is 489 g/mol. The number of rotatable bonds is 7. The van der Waals surface area contributed by atoms with Crippen LogP contribution < -0.4 is 5.32 Å². The molecule has 1 atom stereocenters. The van der Waals surface area contributed by atoms with E-state index in [2.05, 4.69) is 10.3 Å². The third-order valence-corrected chi connectivity index (χ3v) is 7.51. The summed E-state index contributed by atoms with van der Waals surface area (Å²) in [5.41, 5.74) is 2.22. The van der Waals surface area contributed by atoms with Gasteiger partial charge in [0, 0.05) is 15.3 Å². The molecule has 8 heteroatoms. The van der Waals surface area contributed by atoms with Crippen LogP contribution in [0.5, 0.6) is 0 Å². The summed E-state index contributed by atoms with van der Waals surface area (Å²) < 4.78 is 16.0. The van der Waals surface area contributed by atoms with Gasteiger partial charge >= 0.3 is 12.1 Å². The van der Waals surface area contributed by atoms with E-state index in [4.69, 9.17) is 13.9 Å². The van der Waals surface area contributed by atoms with Gasteiger partial charge in [0.15, 0.2) is 18.0 Å². The van der Waals surface area contributed by atoms with Crippen LogP contribution in [-0.2, 0) is 19.7 Å². The van der Waals surface area contributed by atoms with E-state index in [9.17, 15) is 9.59 Å². The van der Waals surface area contributed by atoms with Gasteiger partial charge in [-0.3, -0.25) is 10.1 Å². The Kier molecular flexibility index (Phi) is 6.13. The first-order valence-corrected chi connectivity index (χ1v) is 12.1. The molecule has 7 nitrogen and oxygen atoms in total. The third-order valence-electron chi connectivity index (χ3n) is 6.18. The first-order valence-electron chi connectivity index (χ1n) is 11.3. The zero-order chi connectivity index (χ0) is 24.4. The van der Waals surface area contributed by atoms with Crippen LogP contribution in [0.2, 0.25) is 0 Å². The maximum Gasteiger partial charge on any atom is 0.413 e. The molecule has 0 saturated heterocycles. The molecule has 0 bridgehead atoms. The fourth-order valence-corrected chi connectivity index (χ4v) is 5.27. The number of amides is 1. The Hall–Kier alpha value is -3.91. The summed E-state index contributed by atoms with van der Waals surface area (Å²) in [6.45, 7) is 1.81. The summed E-state index contributed by atoms with van der Waals surface area (Å²) in [5, 5.41) is 2.67. The largest absolute Gasteiger partial charge is 0.468 e. The van der Waals surface area contributed by atoms with Crippen LogP contribution in [0.3, 0.4) is 0 Å². The molecule has 2 aromatic carbocycles. The lowest BCUT2D eigenvalue weighted by molar-refractivity contribution is -0.143.